The monoisotopic (exact) mass is 346 g/mol. The highest BCUT2D eigenvalue weighted by Crippen LogP contribution is 2.26. The molecule has 0 amide bonds. The highest BCUT2D eigenvalue weighted by molar-refractivity contribution is 5.83. The number of hydrogen-bond acceptors (Lipinski definition) is 7. The Morgan fingerprint density at radius 2 is 2.08 bits per heavy atom. The van der Waals surface area contributed by atoms with Gasteiger partial charge in [0.15, 0.2) is 17.0 Å². The molecule has 8 nitrogen and oxygen atoms in total. The van der Waals surface area contributed by atoms with Crippen LogP contribution in [0, 0.1) is 11.9 Å². The lowest BCUT2D eigenvalue weighted by molar-refractivity contribution is 0.141. The fourth-order valence-electron chi connectivity index (χ4n) is 2.30. The van der Waals surface area contributed by atoms with Crippen molar-refractivity contribution in [3.63, 3.8) is 0 Å². The van der Waals surface area contributed by atoms with E-state index >= 15 is 0 Å². The molecule has 0 aliphatic carbocycles. The van der Waals surface area contributed by atoms with Gasteiger partial charge in [-0.25, -0.2) is 4.39 Å². The summed E-state index contributed by atoms with van der Waals surface area (Å²) in [6.45, 7) is 0.819. The van der Waals surface area contributed by atoms with Crippen LogP contribution in [0.2, 0.25) is 0 Å². The van der Waals surface area contributed by atoms with Crippen molar-refractivity contribution in [1.82, 2.24) is 19.5 Å². The van der Waals surface area contributed by atoms with E-state index in [9.17, 15) is 4.39 Å². The number of benzene rings is 1. The number of rotatable bonds is 7. The lowest BCUT2D eigenvalue weighted by Gasteiger charge is -2.09. The summed E-state index contributed by atoms with van der Waals surface area (Å²) in [5.74, 6) is -0.235. The number of nitrogens with zero attached hydrogens (tertiary/aromatic N) is 4. The first-order valence-corrected chi connectivity index (χ1v) is 7.48. The van der Waals surface area contributed by atoms with Gasteiger partial charge in [0.05, 0.1) is 20.3 Å². The number of methoxy groups -OCH3 is 2. The molecular formula is C16H17FN5O3. The third kappa shape index (κ3) is 3.45. The number of nitrogens with two attached hydrogens (primary N) is 1. The molecule has 0 saturated carbocycles. The van der Waals surface area contributed by atoms with Crippen LogP contribution < -0.4 is 15.2 Å². The molecule has 0 aliphatic rings. The number of imidazole rings is 1. The summed E-state index contributed by atoms with van der Waals surface area (Å²) in [5, 5.41) is 0. The van der Waals surface area contributed by atoms with Gasteiger partial charge in [-0.1, -0.05) is 12.1 Å². The third-order valence-electron chi connectivity index (χ3n) is 3.49. The van der Waals surface area contributed by atoms with Gasteiger partial charge in [-0.3, -0.25) is 4.57 Å². The summed E-state index contributed by atoms with van der Waals surface area (Å²) in [7, 11) is 3.03. The SMILES string of the molecule is COCCOc1nc(N)c2nc(OC)n(Cc3cc[c]cc3F)c2n1. The number of fused-ring (bicyclic) bond motifs is 1. The van der Waals surface area contributed by atoms with Crippen molar-refractivity contribution in [3.8, 4) is 12.0 Å². The summed E-state index contributed by atoms with van der Waals surface area (Å²) < 4.78 is 31.2. The number of anilines is 1. The van der Waals surface area contributed by atoms with Gasteiger partial charge >= 0.3 is 6.01 Å². The van der Waals surface area contributed by atoms with E-state index in [0.717, 1.165) is 0 Å². The Balaban J connectivity index is 2.04. The second kappa shape index (κ2) is 7.31. The molecule has 0 fully saturated rings. The number of hydrogen-bond donors (Lipinski definition) is 1. The zero-order valence-electron chi connectivity index (χ0n) is 13.8. The third-order valence-corrected chi connectivity index (χ3v) is 3.49. The smallest absolute Gasteiger partial charge is 0.320 e. The number of nitrogen functional groups attached to an aromatic ring is 1. The van der Waals surface area contributed by atoms with Crippen LogP contribution in [0.3, 0.4) is 0 Å². The Morgan fingerprint density at radius 3 is 2.80 bits per heavy atom. The van der Waals surface area contributed by atoms with Crippen molar-refractivity contribution in [2.24, 2.45) is 0 Å². The Bertz CT molecular complexity index is 884. The van der Waals surface area contributed by atoms with Gasteiger partial charge in [0, 0.05) is 12.7 Å². The predicted octanol–water partition coefficient (Wildman–Crippen LogP) is 1.43. The minimum Gasteiger partial charge on any atom is -0.468 e. The molecule has 0 atom stereocenters. The van der Waals surface area contributed by atoms with E-state index in [0.29, 0.717) is 23.3 Å². The molecule has 131 valence electrons. The van der Waals surface area contributed by atoms with Crippen molar-refractivity contribution < 1.29 is 18.6 Å². The summed E-state index contributed by atoms with van der Waals surface area (Å²) in [6, 6.07) is 7.55. The van der Waals surface area contributed by atoms with Crippen LogP contribution in [-0.2, 0) is 11.3 Å². The predicted molar refractivity (Wildman–Crippen MR) is 88.0 cm³/mol. The van der Waals surface area contributed by atoms with Crippen LogP contribution in [-0.4, -0.2) is 47.0 Å². The molecule has 0 bridgehead atoms. The summed E-state index contributed by atoms with van der Waals surface area (Å²) >= 11 is 0. The fraction of sp³-hybridized carbons (Fsp3) is 0.312. The minimum absolute atomic E-state index is 0.0905. The van der Waals surface area contributed by atoms with Gasteiger partial charge in [0.1, 0.15) is 12.4 Å². The molecule has 2 aromatic heterocycles. The molecule has 0 spiro atoms. The second-order valence-corrected chi connectivity index (χ2v) is 5.11. The first-order chi connectivity index (χ1) is 12.1. The molecule has 9 heteroatoms. The number of aromatic nitrogens is 4. The zero-order chi connectivity index (χ0) is 17.8. The normalized spacial score (nSPS) is 11.0. The van der Waals surface area contributed by atoms with Crippen molar-refractivity contribution >= 4 is 17.0 Å². The maximum atomic E-state index is 14.0. The summed E-state index contributed by atoms with van der Waals surface area (Å²) in [5.41, 5.74) is 7.14. The minimum atomic E-state index is -0.384. The van der Waals surface area contributed by atoms with E-state index < -0.39 is 0 Å². The van der Waals surface area contributed by atoms with Crippen LogP contribution in [0.1, 0.15) is 5.56 Å². The van der Waals surface area contributed by atoms with E-state index in [1.54, 1.807) is 23.8 Å². The van der Waals surface area contributed by atoms with Gasteiger partial charge in [-0.2, -0.15) is 15.0 Å². The molecule has 2 heterocycles. The van der Waals surface area contributed by atoms with Gasteiger partial charge in [-0.15, -0.1) is 0 Å². The van der Waals surface area contributed by atoms with E-state index in [2.05, 4.69) is 21.0 Å². The molecule has 25 heavy (non-hydrogen) atoms. The Kier molecular flexibility index (Phi) is 4.94. The topological polar surface area (TPSA) is 97.3 Å². The van der Waals surface area contributed by atoms with Gasteiger partial charge in [0.25, 0.3) is 6.01 Å². The molecule has 0 unspecified atom stereocenters. The highest BCUT2D eigenvalue weighted by Gasteiger charge is 2.19. The quantitative estimate of drug-likeness (QED) is 0.646. The largest absolute Gasteiger partial charge is 0.468 e. The molecular weight excluding hydrogens is 329 g/mol. The Labute approximate surface area is 143 Å². The standard InChI is InChI=1S/C16H17FN5O3/c1-23-7-8-25-15-20-13(18)12-14(21-15)22(16(19-12)24-2)9-10-5-3-4-6-11(10)17/h3,5-6H,7-9H2,1-2H3,(H2,18,20,21). The fourth-order valence-corrected chi connectivity index (χ4v) is 2.30. The van der Waals surface area contributed by atoms with E-state index in [-0.39, 0.29) is 36.8 Å². The van der Waals surface area contributed by atoms with E-state index in [1.165, 1.54) is 13.2 Å². The average molecular weight is 346 g/mol. The van der Waals surface area contributed by atoms with Gasteiger partial charge in [0.2, 0.25) is 0 Å². The molecule has 3 aromatic rings. The molecule has 3 rings (SSSR count). The van der Waals surface area contributed by atoms with Crippen LogP contribution in [0.25, 0.3) is 11.2 Å². The first kappa shape index (κ1) is 16.9. The molecule has 1 aromatic carbocycles. The van der Waals surface area contributed by atoms with Crippen LogP contribution in [0.4, 0.5) is 10.2 Å². The molecule has 2 N–H and O–H groups in total. The summed E-state index contributed by atoms with van der Waals surface area (Å²) in [6.07, 6.45) is 0. The number of ether oxygens (including phenoxy) is 3. The van der Waals surface area contributed by atoms with Crippen molar-refractivity contribution in [2.45, 2.75) is 6.54 Å². The lowest BCUT2D eigenvalue weighted by Crippen LogP contribution is -2.09. The first-order valence-electron chi connectivity index (χ1n) is 7.48. The lowest BCUT2D eigenvalue weighted by atomic mass is 10.2. The summed E-state index contributed by atoms with van der Waals surface area (Å²) in [4.78, 5) is 12.7. The van der Waals surface area contributed by atoms with E-state index in [4.69, 9.17) is 19.9 Å². The Morgan fingerprint density at radius 1 is 1.24 bits per heavy atom. The molecule has 0 aliphatic heterocycles. The highest BCUT2D eigenvalue weighted by atomic mass is 19.1. The van der Waals surface area contributed by atoms with Crippen molar-refractivity contribution in [3.05, 3.63) is 35.6 Å². The average Bonchev–Trinajstić information content (AvgIpc) is 2.96. The van der Waals surface area contributed by atoms with E-state index in [1.807, 2.05) is 0 Å². The van der Waals surface area contributed by atoms with Crippen molar-refractivity contribution in [1.29, 1.82) is 0 Å². The van der Waals surface area contributed by atoms with Crippen LogP contribution in [0.15, 0.2) is 18.2 Å². The van der Waals surface area contributed by atoms with Gasteiger partial charge in [-0.05, 0) is 12.1 Å². The van der Waals surface area contributed by atoms with Crippen LogP contribution in [0.5, 0.6) is 12.0 Å². The second-order valence-electron chi connectivity index (χ2n) is 5.11. The molecule has 0 saturated heterocycles. The maximum absolute atomic E-state index is 14.0. The number of halogens is 1. The molecule has 1 radical (unpaired) electrons. The zero-order valence-corrected chi connectivity index (χ0v) is 13.8. The Hall–Kier alpha value is -2.94. The van der Waals surface area contributed by atoms with Crippen LogP contribution >= 0.6 is 0 Å². The van der Waals surface area contributed by atoms with Crippen molar-refractivity contribution in [2.75, 3.05) is 33.2 Å². The maximum Gasteiger partial charge on any atom is 0.320 e. The van der Waals surface area contributed by atoms with Gasteiger partial charge < -0.3 is 19.9 Å².